The number of hydrogen-bond acceptors (Lipinski definition) is 7. The molecule has 0 aliphatic rings. The molecule has 0 fully saturated rings. The van der Waals surface area contributed by atoms with Crippen LogP contribution in [0.15, 0.2) is 41.0 Å². The molecule has 8 nitrogen and oxygen atoms in total. The number of nitrogens with zero attached hydrogens (tertiary/aromatic N) is 4. The summed E-state index contributed by atoms with van der Waals surface area (Å²) in [6.07, 6.45) is -2.53. The summed E-state index contributed by atoms with van der Waals surface area (Å²) in [6.45, 7) is -1.26. The van der Waals surface area contributed by atoms with Crippen molar-refractivity contribution in [2.45, 2.75) is 35.7 Å². The van der Waals surface area contributed by atoms with Crippen LogP contribution < -0.4 is 10.6 Å². The van der Waals surface area contributed by atoms with Gasteiger partial charge in [0.2, 0.25) is 16.9 Å². The largest absolute Gasteiger partial charge is 0.408 e. The molecule has 170 valence electrons. The molecule has 2 amide bonds. The summed E-state index contributed by atoms with van der Waals surface area (Å²) in [4.78, 5) is 24.0. The highest BCUT2D eigenvalue weighted by molar-refractivity contribution is 8.00. The Labute approximate surface area is 193 Å². The van der Waals surface area contributed by atoms with Crippen LogP contribution in [0, 0.1) is 0 Å². The third-order valence-electron chi connectivity index (χ3n) is 3.77. The minimum absolute atomic E-state index is 0.117. The van der Waals surface area contributed by atoms with E-state index in [0.29, 0.717) is 24.9 Å². The van der Waals surface area contributed by atoms with Crippen LogP contribution in [0.2, 0.25) is 5.02 Å². The molecule has 0 bridgehead atoms. The van der Waals surface area contributed by atoms with Gasteiger partial charge in [0, 0.05) is 29.8 Å². The number of nitrogens with one attached hydrogen (secondary N) is 2. The van der Waals surface area contributed by atoms with Gasteiger partial charge in [0.25, 0.3) is 0 Å². The molecule has 32 heavy (non-hydrogen) atoms. The van der Waals surface area contributed by atoms with Gasteiger partial charge in [-0.15, -0.1) is 10.2 Å². The summed E-state index contributed by atoms with van der Waals surface area (Å²) >= 11 is 8.52. The van der Waals surface area contributed by atoms with Crippen molar-refractivity contribution in [3.05, 3.63) is 47.2 Å². The average molecular weight is 505 g/mol. The summed E-state index contributed by atoms with van der Waals surface area (Å²) < 4.78 is 38.3. The first kappa shape index (κ1) is 24.0. The van der Waals surface area contributed by atoms with Crippen LogP contribution in [0.1, 0.15) is 18.4 Å². The van der Waals surface area contributed by atoms with Crippen LogP contribution in [-0.2, 0) is 21.9 Å². The predicted molar refractivity (Wildman–Crippen MR) is 116 cm³/mol. The van der Waals surface area contributed by atoms with Gasteiger partial charge in [-0.25, -0.2) is 0 Å². The number of hydrogen-bond donors (Lipinski definition) is 2. The van der Waals surface area contributed by atoms with Gasteiger partial charge in [-0.1, -0.05) is 46.8 Å². The van der Waals surface area contributed by atoms with E-state index < -0.39 is 24.5 Å². The van der Waals surface area contributed by atoms with Gasteiger partial charge in [-0.05, 0) is 17.7 Å². The van der Waals surface area contributed by atoms with Crippen LogP contribution in [0.3, 0.4) is 0 Å². The molecule has 14 heteroatoms. The maximum absolute atomic E-state index is 12.3. The van der Waals surface area contributed by atoms with E-state index in [1.54, 1.807) is 12.1 Å². The highest BCUT2D eigenvalue weighted by Crippen LogP contribution is 2.28. The van der Waals surface area contributed by atoms with Crippen LogP contribution in [-0.4, -0.2) is 38.0 Å². The molecule has 2 aromatic heterocycles. The Morgan fingerprint density at radius 3 is 2.47 bits per heavy atom. The first-order chi connectivity index (χ1) is 15.2. The van der Waals surface area contributed by atoms with E-state index in [0.717, 1.165) is 18.0 Å². The fourth-order valence-electron chi connectivity index (χ4n) is 2.37. The molecule has 1 aromatic carbocycles. The second kappa shape index (κ2) is 10.8. The summed E-state index contributed by atoms with van der Waals surface area (Å²) in [7, 11) is 0. The Hall–Kier alpha value is -2.64. The number of alkyl halides is 3. The topological polar surface area (TPSA) is 102 Å². The zero-order valence-electron chi connectivity index (χ0n) is 16.2. The van der Waals surface area contributed by atoms with E-state index >= 15 is 0 Å². The van der Waals surface area contributed by atoms with Gasteiger partial charge in [0.1, 0.15) is 6.54 Å². The Bertz CT molecular complexity index is 1070. The number of thioether (sulfide) groups is 1. The van der Waals surface area contributed by atoms with Crippen LogP contribution >= 0.6 is 34.7 Å². The quantitative estimate of drug-likeness (QED) is 0.326. The normalized spacial score (nSPS) is 11.4. The molecule has 2 N–H and O–H groups in total. The zero-order valence-corrected chi connectivity index (χ0v) is 18.6. The van der Waals surface area contributed by atoms with Crippen molar-refractivity contribution in [3.8, 4) is 0 Å². The van der Waals surface area contributed by atoms with Crippen molar-refractivity contribution in [3.63, 3.8) is 0 Å². The predicted octanol–water partition coefficient (Wildman–Crippen LogP) is 4.60. The van der Waals surface area contributed by atoms with E-state index in [9.17, 15) is 22.8 Å². The van der Waals surface area contributed by atoms with Crippen molar-refractivity contribution in [2.75, 3.05) is 10.6 Å². The molecule has 0 atom stereocenters. The van der Waals surface area contributed by atoms with Gasteiger partial charge in [0.05, 0.1) is 11.9 Å². The zero-order chi connectivity index (χ0) is 23.1. The lowest BCUT2D eigenvalue weighted by atomic mass is 10.2. The number of amides is 2. The molecule has 0 aliphatic heterocycles. The minimum Gasteiger partial charge on any atom is -0.323 e. The Kier molecular flexibility index (Phi) is 8.10. The smallest absolute Gasteiger partial charge is 0.323 e. The summed E-state index contributed by atoms with van der Waals surface area (Å²) in [6, 6.07) is 7.42. The summed E-state index contributed by atoms with van der Waals surface area (Å²) in [5.74, 6) is -0.291. The number of carbonyl (C=O) groups excluding carboxylic acids is 2. The summed E-state index contributed by atoms with van der Waals surface area (Å²) in [5.41, 5.74) is 1.18. The molecular formula is C18H16ClF3N6O2S2. The van der Waals surface area contributed by atoms with Crippen LogP contribution in [0.5, 0.6) is 0 Å². The number of rotatable bonds is 9. The molecule has 2 heterocycles. The highest BCUT2D eigenvalue weighted by Gasteiger charge is 2.28. The lowest BCUT2D eigenvalue weighted by molar-refractivity contribution is -0.142. The number of carbonyl (C=O) groups is 2. The van der Waals surface area contributed by atoms with Gasteiger partial charge < -0.3 is 10.6 Å². The average Bonchev–Trinajstić information content (AvgIpc) is 3.34. The molecule has 0 radical (unpaired) electrons. The number of anilines is 2. The Morgan fingerprint density at radius 2 is 1.78 bits per heavy atom. The second-order valence-electron chi connectivity index (χ2n) is 6.43. The molecule has 0 saturated heterocycles. The molecule has 0 aliphatic carbocycles. The van der Waals surface area contributed by atoms with Crippen molar-refractivity contribution < 1.29 is 22.8 Å². The van der Waals surface area contributed by atoms with Gasteiger partial charge >= 0.3 is 6.18 Å². The fraction of sp³-hybridized carbons (Fsp3) is 0.278. The SMILES string of the molecule is O=C(CCC(=O)Nc1nnc(SCc2ccc(Cl)cc2)s1)Nc1cnn(CC(F)(F)F)c1. The van der Waals surface area contributed by atoms with Gasteiger partial charge in [-0.2, -0.15) is 18.3 Å². The third-order valence-corrected chi connectivity index (χ3v) is 6.06. The lowest BCUT2D eigenvalue weighted by Crippen LogP contribution is -2.18. The maximum Gasteiger partial charge on any atom is 0.408 e. The molecule has 3 aromatic rings. The van der Waals surface area contributed by atoms with Crippen molar-refractivity contribution >= 4 is 57.3 Å². The highest BCUT2D eigenvalue weighted by atomic mass is 35.5. The van der Waals surface area contributed by atoms with Crippen molar-refractivity contribution in [1.29, 1.82) is 0 Å². The van der Waals surface area contributed by atoms with E-state index in [1.807, 2.05) is 12.1 Å². The van der Waals surface area contributed by atoms with Gasteiger partial charge in [0.15, 0.2) is 4.34 Å². The van der Waals surface area contributed by atoms with Crippen molar-refractivity contribution in [2.24, 2.45) is 0 Å². The van der Waals surface area contributed by atoms with Crippen LogP contribution in [0.25, 0.3) is 0 Å². The molecule has 0 unspecified atom stereocenters. The molecule has 0 saturated carbocycles. The Balaban J connectivity index is 1.39. The van der Waals surface area contributed by atoms with E-state index in [-0.39, 0.29) is 18.5 Å². The first-order valence-electron chi connectivity index (χ1n) is 9.06. The van der Waals surface area contributed by atoms with Crippen molar-refractivity contribution in [1.82, 2.24) is 20.0 Å². The lowest BCUT2D eigenvalue weighted by Gasteiger charge is -2.05. The van der Waals surface area contributed by atoms with E-state index in [2.05, 4.69) is 25.9 Å². The number of aromatic nitrogens is 4. The second-order valence-corrected chi connectivity index (χ2v) is 9.06. The maximum atomic E-state index is 12.3. The van der Waals surface area contributed by atoms with E-state index in [1.165, 1.54) is 23.1 Å². The standard InChI is InChI=1S/C18H16ClF3N6O2S2/c19-12-3-1-11(2-4-12)9-31-17-27-26-16(32-17)25-15(30)6-5-14(29)24-13-7-23-28(8-13)10-18(20,21)22/h1-4,7-8H,5-6,9-10H2,(H,24,29)(H,25,26,30). The number of benzene rings is 1. The van der Waals surface area contributed by atoms with Crippen LogP contribution in [0.4, 0.5) is 24.0 Å². The Morgan fingerprint density at radius 1 is 1.09 bits per heavy atom. The molecule has 3 rings (SSSR count). The minimum atomic E-state index is -4.41. The third kappa shape index (κ3) is 8.13. The molecular weight excluding hydrogens is 489 g/mol. The van der Waals surface area contributed by atoms with E-state index in [4.69, 9.17) is 11.6 Å². The first-order valence-corrected chi connectivity index (χ1v) is 11.2. The fourth-order valence-corrected chi connectivity index (χ4v) is 4.22. The summed E-state index contributed by atoms with van der Waals surface area (Å²) in [5, 5.41) is 17.4. The van der Waals surface area contributed by atoms with Gasteiger partial charge in [-0.3, -0.25) is 14.3 Å². The monoisotopic (exact) mass is 504 g/mol. The number of halogens is 4. The molecule has 0 spiro atoms.